The average Bonchev–Trinajstić information content (AvgIpc) is 2.97. The van der Waals surface area contributed by atoms with E-state index in [1.54, 1.807) is 4.90 Å². The second kappa shape index (κ2) is 5.39. The fourth-order valence-electron chi connectivity index (χ4n) is 3.14. The van der Waals surface area contributed by atoms with E-state index < -0.39 is 11.4 Å². The summed E-state index contributed by atoms with van der Waals surface area (Å²) in [5.74, 6) is -0.145. The smallest absolute Gasteiger partial charge is 0.317 e. The van der Waals surface area contributed by atoms with Crippen LogP contribution >= 0.6 is 0 Å². The summed E-state index contributed by atoms with van der Waals surface area (Å²) in [6, 6.07) is 0.226. The van der Waals surface area contributed by atoms with Gasteiger partial charge in [-0.1, -0.05) is 26.7 Å². The van der Waals surface area contributed by atoms with E-state index in [-0.39, 0.29) is 6.03 Å². The van der Waals surface area contributed by atoms with Gasteiger partial charge in [0.15, 0.2) is 0 Å². The molecule has 2 N–H and O–H groups in total. The van der Waals surface area contributed by atoms with Crippen molar-refractivity contribution in [1.29, 1.82) is 0 Å². The maximum absolute atomic E-state index is 12.1. The highest BCUT2D eigenvalue weighted by Gasteiger charge is 2.46. The van der Waals surface area contributed by atoms with Crippen LogP contribution in [0.1, 0.15) is 46.0 Å². The van der Waals surface area contributed by atoms with Crippen molar-refractivity contribution in [3.8, 4) is 0 Å². The predicted octanol–water partition coefficient (Wildman–Crippen LogP) is 2.07. The zero-order valence-corrected chi connectivity index (χ0v) is 11.8. The number of likely N-dealkylation sites (tertiary alicyclic amines) is 1. The minimum absolute atomic E-state index is 0.0832. The van der Waals surface area contributed by atoms with E-state index in [0.717, 1.165) is 19.3 Å². The highest BCUT2D eigenvalue weighted by molar-refractivity contribution is 5.80. The fourth-order valence-corrected chi connectivity index (χ4v) is 3.14. The van der Waals surface area contributed by atoms with Gasteiger partial charge in [-0.3, -0.25) is 4.79 Å². The van der Waals surface area contributed by atoms with Gasteiger partial charge in [0.25, 0.3) is 0 Å². The Balaban J connectivity index is 1.89. The molecule has 3 unspecified atom stereocenters. The molecule has 1 aliphatic carbocycles. The van der Waals surface area contributed by atoms with Gasteiger partial charge in [-0.25, -0.2) is 4.79 Å². The van der Waals surface area contributed by atoms with Gasteiger partial charge >= 0.3 is 12.0 Å². The fraction of sp³-hybridized carbons (Fsp3) is 0.857. The Hall–Kier alpha value is -1.26. The maximum Gasteiger partial charge on any atom is 0.317 e. The van der Waals surface area contributed by atoms with Gasteiger partial charge in [0.05, 0.1) is 5.41 Å². The number of nitrogens with zero attached hydrogens (tertiary/aromatic N) is 1. The van der Waals surface area contributed by atoms with Gasteiger partial charge in [-0.05, 0) is 25.2 Å². The van der Waals surface area contributed by atoms with Gasteiger partial charge in [0.1, 0.15) is 0 Å². The largest absolute Gasteiger partial charge is 0.481 e. The first-order valence-corrected chi connectivity index (χ1v) is 7.31. The van der Waals surface area contributed by atoms with E-state index in [2.05, 4.69) is 12.2 Å². The zero-order chi connectivity index (χ0) is 14.0. The van der Waals surface area contributed by atoms with Gasteiger partial charge in [-0.15, -0.1) is 0 Å². The number of hydrogen-bond acceptors (Lipinski definition) is 2. The number of carbonyl (C=O) groups is 2. The van der Waals surface area contributed by atoms with Crippen molar-refractivity contribution in [2.75, 3.05) is 13.1 Å². The van der Waals surface area contributed by atoms with Gasteiger partial charge < -0.3 is 15.3 Å². The van der Waals surface area contributed by atoms with E-state index in [4.69, 9.17) is 0 Å². The van der Waals surface area contributed by atoms with Crippen LogP contribution in [0.2, 0.25) is 0 Å². The third-order valence-corrected chi connectivity index (χ3v) is 4.58. The Morgan fingerprint density at radius 2 is 2.16 bits per heavy atom. The molecule has 3 atom stereocenters. The number of hydrogen-bond donors (Lipinski definition) is 2. The molecule has 2 amide bonds. The van der Waals surface area contributed by atoms with Gasteiger partial charge in [0, 0.05) is 19.1 Å². The van der Waals surface area contributed by atoms with Crippen molar-refractivity contribution in [2.24, 2.45) is 11.3 Å². The van der Waals surface area contributed by atoms with E-state index >= 15 is 0 Å². The molecule has 1 heterocycles. The highest BCUT2D eigenvalue weighted by atomic mass is 16.4. The Labute approximate surface area is 114 Å². The first kappa shape index (κ1) is 14.2. The maximum atomic E-state index is 12.1. The SMILES string of the molecule is CCCC1(C(=O)O)CCN(C(=O)NC2CC2CC)C1. The molecule has 0 aromatic heterocycles. The van der Waals surface area contributed by atoms with Gasteiger partial charge in [-0.2, -0.15) is 0 Å². The minimum Gasteiger partial charge on any atom is -0.481 e. The number of rotatable bonds is 5. The van der Waals surface area contributed by atoms with Crippen molar-refractivity contribution in [1.82, 2.24) is 10.2 Å². The molecule has 5 nitrogen and oxygen atoms in total. The highest BCUT2D eigenvalue weighted by Crippen LogP contribution is 2.37. The molecule has 1 saturated carbocycles. The Kier molecular flexibility index (Phi) is 4.02. The molecule has 0 spiro atoms. The molecular weight excluding hydrogens is 244 g/mol. The van der Waals surface area contributed by atoms with Crippen molar-refractivity contribution < 1.29 is 14.7 Å². The van der Waals surface area contributed by atoms with Gasteiger partial charge in [0.2, 0.25) is 0 Å². The van der Waals surface area contributed by atoms with E-state index in [9.17, 15) is 14.7 Å². The molecule has 2 fully saturated rings. The monoisotopic (exact) mass is 268 g/mol. The second-order valence-corrected chi connectivity index (χ2v) is 5.97. The van der Waals surface area contributed by atoms with Crippen molar-refractivity contribution in [3.63, 3.8) is 0 Å². The van der Waals surface area contributed by atoms with Crippen LogP contribution in [0.25, 0.3) is 0 Å². The van der Waals surface area contributed by atoms with E-state index in [0.29, 0.717) is 37.9 Å². The van der Waals surface area contributed by atoms with Crippen LogP contribution in [0.15, 0.2) is 0 Å². The minimum atomic E-state index is -0.762. The Morgan fingerprint density at radius 3 is 2.68 bits per heavy atom. The second-order valence-electron chi connectivity index (χ2n) is 5.97. The summed E-state index contributed by atoms with van der Waals surface area (Å²) in [5, 5.41) is 12.4. The van der Waals surface area contributed by atoms with Crippen LogP contribution in [0.4, 0.5) is 4.79 Å². The number of carboxylic acids is 1. The predicted molar refractivity (Wildman–Crippen MR) is 71.9 cm³/mol. The number of amides is 2. The third kappa shape index (κ3) is 2.85. The molecule has 0 aromatic carbocycles. The topological polar surface area (TPSA) is 69.6 Å². The van der Waals surface area contributed by atoms with Crippen LogP contribution < -0.4 is 5.32 Å². The molecule has 2 aliphatic rings. The first-order chi connectivity index (χ1) is 9.02. The number of carboxylic acid groups (broad SMARTS) is 1. The van der Waals surface area contributed by atoms with Crippen LogP contribution in [-0.4, -0.2) is 41.1 Å². The van der Waals surface area contributed by atoms with E-state index in [1.165, 1.54) is 0 Å². The summed E-state index contributed by atoms with van der Waals surface area (Å²) in [5.41, 5.74) is -0.722. The zero-order valence-electron chi connectivity index (χ0n) is 11.8. The normalized spacial score (nSPS) is 33.3. The standard InChI is InChI=1S/C14H24N2O3/c1-3-5-14(12(17)18)6-7-16(9-14)13(19)15-11-8-10(11)4-2/h10-11H,3-9H2,1-2H3,(H,15,19)(H,17,18). The molecule has 0 bridgehead atoms. The summed E-state index contributed by atoms with van der Waals surface area (Å²) in [6.45, 7) is 5.03. The summed E-state index contributed by atoms with van der Waals surface area (Å²) in [4.78, 5) is 25.2. The van der Waals surface area contributed by atoms with Crippen molar-refractivity contribution in [2.45, 2.75) is 52.0 Å². The molecule has 108 valence electrons. The number of nitrogens with one attached hydrogen (secondary N) is 1. The molecule has 5 heteroatoms. The summed E-state index contributed by atoms with van der Waals surface area (Å²) in [7, 11) is 0. The molecule has 0 radical (unpaired) electrons. The third-order valence-electron chi connectivity index (χ3n) is 4.58. The molecule has 19 heavy (non-hydrogen) atoms. The van der Waals surface area contributed by atoms with Crippen LogP contribution in [-0.2, 0) is 4.79 Å². The average molecular weight is 268 g/mol. The number of carbonyl (C=O) groups excluding carboxylic acids is 1. The molecule has 1 aliphatic heterocycles. The lowest BCUT2D eigenvalue weighted by Gasteiger charge is -2.24. The molecule has 2 rings (SSSR count). The Bertz CT molecular complexity index is 372. The van der Waals surface area contributed by atoms with E-state index in [1.807, 2.05) is 6.92 Å². The van der Waals surface area contributed by atoms with Crippen LogP contribution in [0, 0.1) is 11.3 Å². The van der Waals surface area contributed by atoms with Crippen molar-refractivity contribution in [3.05, 3.63) is 0 Å². The first-order valence-electron chi connectivity index (χ1n) is 7.31. The lowest BCUT2D eigenvalue weighted by molar-refractivity contribution is -0.148. The summed E-state index contributed by atoms with van der Waals surface area (Å²) >= 11 is 0. The molecular formula is C14H24N2O3. The molecule has 1 saturated heterocycles. The summed E-state index contributed by atoms with van der Waals surface area (Å²) in [6.07, 6.45) is 4.22. The quantitative estimate of drug-likeness (QED) is 0.802. The summed E-state index contributed by atoms with van der Waals surface area (Å²) < 4.78 is 0. The lowest BCUT2D eigenvalue weighted by Crippen LogP contribution is -2.42. The van der Waals surface area contributed by atoms with Crippen molar-refractivity contribution >= 4 is 12.0 Å². The Morgan fingerprint density at radius 1 is 1.42 bits per heavy atom. The van der Waals surface area contributed by atoms with Crippen LogP contribution in [0.5, 0.6) is 0 Å². The van der Waals surface area contributed by atoms with Crippen LogP contribution in [0.3, 0.4) is 0 Å². The number of urea groups is 1. The number of aliphatic carboxylic acids is 1. The molecule has 0 aromatic rings. The lowest BCUT2D eigenvalue weighted by atomic mass is 9.83.